The molecule has 0 saturated carbocycles. The van der Waals surface area contributed by atoms with Crippen molar-refractivity contribution in [2.75, 3.05) is 11.9 Å². The number of carbonyl (C=O) groups excluding carboxylic acids is 3. The Morgan fingerprint density at radius 1 is 1.00 bits per heavy atom. The summed E-state index contributed by atoms with van der Waals surface area (Å²) >= 11 is 0. The van der Waals surface area contributed by atoms with E-state index in [1.807, 2.05) is 30.3 Å². The lowest BCUT2D eigenvalue weighted by Gasteiger charge is -2.27. The van der Waals surface area contributed by atoms with Crippen molar-refractivity contribution in [3.63, 3.8) is 0 Å². The van der Waals surface area contributed by atoms with E-state index in [1.54, 1.807) is 36.4 Å². The topological polar surface area (TPSA) is 88.9 Å². The number of carbonyl (C=O) groups is 3. The van der Waals surface area contributed by atoms with Gasteiger partial charge in [0.1, 0.15) is 6.04 Å². The van der Waals surface area contributed by atoms with Gasteiger partial charge in [0.05, 0.1) is 18.6 Å². The highest BCUT2D eigenvalue weighted by Gasteiger charge is 2.44. The quantitative estimate of drug-likeness (QED) is 0.676. The van der Waals surface area contributed by atoms with Crippen LogP contribution in [0.5, 0.6) is 0 Å². The van der Waals surface area contributed by atoms with Crippen LogP contribution in [0.4, 0.5) is 5.69 Å². The van der Waals surface area contributed by atoms with Crippen LogP contribution < -0.4 is 5.32 Å². The van der Waals surface area contributed by atoms with E-state index in [1.165, 1.54) is 11.2 Å². The van der Waals surface area contributed by atoms with E-state index in [4.69, 9.17) is 9.15 Å². The maximum atomic E-state index is 13.1. The van der Waals surface area contributed by atoms with Crippen LogP contribution in [0.1, 0.15) is 32.7 Å². The van der Waals surface area contributed by atoms with Gasteiger partial charge in [-0.15, -0.1) is 0 Å². The molecule has 0 unspecified atom stereocenters. The molecule has 2 heterocycles. The number of anilines is 1. The molecule has 146 valence electrons. The van der Waals surface area contributed by atoms with Gasteiger partial charge in [-0.25, -0.2) is 0 Å². The first-order valence-electron chi connectivity index (χ1n) is 9.07. The fourth-order valence-electron chi connectivity index (χ4n) is 3.29. The number of rotatable bonds is 5. The fourth-order valence-corrected chi connectivity index (χ4v) is 3.29. The second-order valence-electron chi connectivity index (χ2n) is 6.50. The number of hydrogen-bond donors (Lipinski definition) is 1. The summed E-state index contributed by atoms with van der Waals surface area (Å²) in [6.45, 7) is 0.0150. The Hall–Kier alpha value is -3.71. The molecule has 1 saturated heterocycles. The number of benzene rings is 2. The van der Waals surface area contributed by atoms with Gasteiger partial charge in [-0.2, -0.15) is 0 Å². The van der Waals surface area contributed by atoms with Crippen molar-refractivity contribution >= 4 is 23.8 Å². The van der Waals surface area contributed by atoms with Gasteiger partial charge in [0.15, 0.2) is 18.3 Å². The van der Waals surface area contributed by atoms with Crippen LogP contribution in [0.15, 0.2) is 77.4 Å². The van der Waals surface area contributed by atoms with Crippen LogP contribution in [0.2, 0.25) is 0 Å². The summed E-state index contributed by atoms with van der Waals surface area (Å²) < 4.78 is 11.1. The van der Waals surface area contributed by atoms with Crippen molar-refractivity contribution in [1.82, 2.24) is 4.90 Å². The number of nitrogens with zero attached hydrogens (tertiary/aromatic N) is 1. The number of hydrogen-bond acceptors (Lipinski definition) is 5. The van der Waals surface area contributed by atoms with Gasteiger partial charge in [0.2, 0.25) is 5.91 Å². The predicted molar refractivity (Wildman–Crippen MR) is 104 cm³/mol. The van der Waals surface area contributed by atoms with Gasteiger partial charge < -0.3 is 14.5 Å². The van der Waals surface area contributed by atoms with Gasteiger partial charge in [0.25, 0.3) is 5.91 Å². The van der Waals surface area contributed by atoms with Gasteiger partial charge in [0, 0.05) is 11.1 Å². The minimum atomic E-state index is -0.891. The summed E-state index contributed by atoms with van der Waals surface area (Å²) in [5.41, 5.74) is 1.47. The molecule has 7 heteroatoms. The molecular weight excluding hydrogens is 372 g/mol. The summed E-state index contributed by atoms with van der Waals surface area (Å²) in [5, 5.41) is 2.73. The van der Waals surface area contributed by atoms with Crippen LogP contribution in [0, 0.1) is 0 Å². The molecule has 0 aliphatic carbocycles. The summed E-state index contributed by atoms with van der Waals surface area (Å²) in [7, 11) is 0. The number of nitrogens with one attached hydrogen (secondary N) is 1. The third-order valence-electron chi connectivity index (χ3n) is 4.70. The molecule has 0 radical (unpaired) electrons. The van der Waals surface area contributed by atoms with Gasteiger partial charge in [-0.05, 0) is 24.3 Å². The molecule has 1 aromatic heterocycles. The summed E-state index contributed by atoms with van der Waals surface area (Å²) in [6.07, 6.45) is 1.34. The molecule has 1 aliphatic heterocycles. The molecule has 2 amide bonds. The normalized spacial score (nSPS) is 18.4. The lowest BCUT2D eigenvalue weighted by Crippen LogP contribution is -2.45. The molecule has 4 rings (SSSR count). The third-order valence-corrected chi connectivity index (χ3v) is 4.70. The highest BCUT2D eigenvalue weighted by atomic mass is 16.5. The first-order chi connectivity index (χ1) is 14.2. The van der Waals surface area contributed by atoms with E-state index < -0.39 is 24.1 Å². The van der Waals surface area contributed by atoms with E-state index in [0.717, 1.165) is 5.56 Å². The van der Waals surface area contributed by atoms with E-state index in [-0.39, 0.29) is 12.4 Å². The zero-order valence-electron chi connectivity index (χ0n) is 15.4. The maximum Gasteiger partial charge on any atom is 0.292 e. The van der Waals surface area contributed by atoms with Crippen molar-refractivity contribution in [2.45, 2.75) is 12.3 Å². The first kappa shape index (κ1) is 18.6. The Kier molecular flexibility index (Phi) is 5.22. The Labute approximate surface area is 166 Å². The standard InChI is InChI=1S/C22H18N2O5/c25-13-16-9-4-5-10-17(16)23-20(26)18-14-29-22(15-7-2-1-3-8-15)24(18)21(27)19-11-6-12-28-19/h1-13,18,22H,14H2,(H,23,26)/t18-,22+/m0/s1. The van der Waals surface area contributed by atoms with E-state index in [9.17, 15) is 14.4 Å². The molecule has 1 aliphatic rings. The average Bonchev–Trinajstić information content (AvgIpc) is 3.44. The van der Waals surface area contributed by atoms with Crippen molar-refractivity contribution in [3.05, 3.63) is 89.9 Å². The first-order valence-corrected chi connectivity index (χ1v) is 9.07. The largest absolute Gasteiger partial charge is 0.459 e. The minimum Gasteiger partial charge on any atom is -0.459 e. The van der Waals surface area contributed by atoms with Gasteiger partial charge in [-0.1, -0.05) is 42.5 Å². The Morgan fingerprint density at radius 3 is 2.48 bits per heavy atom. The van der Waals surface area contributed by atoms with E-state index >= 15 is 0 Å². The molecule has 0 spiro atoms. The van der Waals surface area contributed by atoms with Gasteiger partial charge in [-0.3, -0.25) is 19.3 Å². The van der Waals surface area contributed by atoms with Crippen LogP contribution in [0.25, 0.3) is 0 Å². The summed E-state index contributed by atoms with van der Waals surface area (Å²) in [5.74, 6) is -0.787. The maximum absolute atomic E-state index is 13.1. The molecular formula is C22H18N2O5. The monoisotopic (exact) mass is 390 g/mol. The fraction of sp³-hybridized carbons (Fsp3) is 0.136. The van der Waals surface area contributed by atoms with Gasteiger partial charge >= 0.3 is 0 Å². The Balaban J connectivity index is 1.65. The third kappa shape index (κ3) is 3.68. The summed E-state index contributed by atoms with van der Waals surface area (Å²) in [6, 6.07) is 18.1. The average molecular weight is 390 g/mol. The number of amides is 2. The van der Waals surface area contributed by atoms with Crippen LogP contribution in [-0.2, 0) is 9.53 Å². The Bertz CT molecular complexity index is 1020. The van der Waals surface area contributed by atoms with E-state index in [0.29, 0.717) is 17.5 Å². The number of para-hydroxylation sites is 1. The molecule has 0 bridgehead atoms. The van der Waals surface area contributed by atoms with E-state index in [2.05, 4.69) is 5.32 Å². The van der Waals surface area contributed by atoms with Crippen molar-refractivity contribution in [3.8, 4) is 0 Å². The second-order valence-corrected chi connectivity index (χ2v) is 6.50. The molecule has 7 nitrogen and oxygen atoms in total. The SMILES string of the molecule is O=Cc1ccccc1NC(=O)[C@@H]1CO[C@H](c2ccccc2)N1C(=O)c1ccco1. The Morgan fingerprint density at radius 2 is 1.76 bits per heavy atom. The van der Waals surface area contributed by atoms with Crippen molar-refractivity contribution in [2.24, 2.45) is 0 Å². The molecule has 29 heavy (non-hydrogen) atoms. The van der Waals surface area contributed by atoms with Crippen molar-refractivity contribution < 1.29 is 23.5 Å². The predicted octanol–water partition coefficient (Wildman–Crippen LogP) is 3.27. The highest BCUT2D eigenvalue weighted by molar-refractivity contribution is 6.02. The zero-order valence-corrected chi connectivity index (χ0v) is 15.4. The zero-order chi connectivity index (χ0) is 20.2. The lowest BCUT2D eigenvalue weighted by atomic mass is 10.1. The lowest BCUT2D eigenvalue weighted by molar-refractivity contribution is -0.119. The number of furan rings is 1. The van der Waals surface area contributed by atoms with Crippen LogP contribution in [-0.4, -0.2) is 35.6 Å². The molecule has 3 aromatic rings. The molecule has 1 N–H and O–H groups in total. The van der Waals surface area contributed by atoms with Crippen LogP contribution >= 0.6 is 0 Å². The minimum absolute atomic E-state index is 0.0150. The number of ether oxygens (including phenoxy) is 1. The second kappa shape index (κ2) is 8.12. The summed E-state index contributed by atoms with van der Waals surface area (Å²) in [4.78, 5) is 38.7. The number of aldehydes is 1. The van der Waals surface area contributed by atoms with Crippen LogP contribution in [0.3, 0.4) is 0 Å². The smallest absolute Gasteiger partial charge is 0.292 e. The molecule has 2 atom stereocenters. The van der Waals surface area contributed by atoms with Crippen molar-refractivity contribution in [1.29, 1.82) is 0 Å². The molecule has 2 aromatic carbocycles. The highest BCUT2D eigenvalue weighted by Crippen LogP contribution is 2.33. The molecule has 1 fully saturated rings.